The van der Waals surface area contributed by atoms with Crippen molar-refractivity contribution in [3.8, 4) is 0 Å². The van der Waals surface area contributed by atoms with Gasteiger partial charge in [-0.25, -0.2) is 4.98 Å². The normalized spacial score (nSPS) is 16.0. The quantitative estimate of drug-likeness (QED) is 0.742. The molecule has 118 valence electrons. The summed E-state index contributed by atoms with van der Waals surface area (Å²) in [6.07, 6.45) is 5.86. The topological polar surface area (TPSA) is 71.2 Å². The number of amides is 1. The van der Waals surface area contributed by atoms with Gasteiger partial charge >= 0.3 is 0 Å². The van der Waals surface area contributed by atoms with E-state index in [0.717, 1.165) is 75.5 Å². The van der Waals surface area contributed by atoms with Gasteiger partial charge in [-0.2, -0.15) is 0 Å². The van der Waals surface area contributed by atoms with Crippen LogP contribution in [0.1, 0.15) is 36.4 Å². The van der Waals surface area contributed by atoms with Crippen LogP contribution >= 0.6 is 11.3 Å². The third-order valence-corrected chi connectivity index (χ3v) is 4.68. The Labute approximate surface area is 130 Å². The van der Waals surface area contributed by atoms with Gasteiger partial charge in [0.25, 0.3) is 0 Å². The van der Waals surface area contributed by atoms with Gasteiger partial charge in [-0.15, -0.1) is 11.3 Å². The predicted molar refractivity (Wildman–Crippen MR) is 86.5 cm³/mol. The molecule has 3 N–H and O–H groups in total. The third kappa shape index (κ3) is 5.73. The lowest BCUT2D eigenvalue weighted by molar-refractivity contribution is -0.130. The SMILES string of the molecule is NCCCCCc1nc(CC(=O)N2CCCNCC2)cs1. The summed E-state index contributed by atoms with van der Waals surface area (Å²) in [5.74, 6) is 0.207. The van der Waals surface area contributed by atoms with E-state index in [1.165, 1.54) is 0 Å². The summed E-state index contributed by atoms with van der Waals surface area (Å²) in [5, 5.41) is 6.50. The summed E-state index contributed by atoms with van der Waals surface area (Å²) >= 11 is 1.67. The second-order valence-corrected chi connectivity index (χ2v) is 6.44. The number of unbranched alkanes of at least 4 members (excludes halogenated alkanes) is 2. The smallest absolute Gasteiger partial charge is 0.228 e. The van der Waals surface area contributed by atoms with Crippen molar-refractivity contribution in [1.82, 2.24) is 15.2 Å². The second kappa shape index (κ2) is 9.12. The first-order valence-electron chi connectivity index (χ1n) is 7.91. The second-order valence-electron chi connectivity index (χ2n) is 5.49. The predicted octanol–water partition coefficient (Wildman–Crippen LogP) is 1.18. The number of nitrogens with zero attached hydrogens (tertiary/aromatic N) is 2. The van der Waals surface area contributed by atoms with E-state index in [9.17, 15) is 4.79 Å². The molecule has 0 radical (unpaired) electrons. The maximum atomic E-state index is 12.3. The number of carbonyl (C=O) groups is 1. The maximum Gasteiger partial charge on any atom is 0.228 e. The lowest BCUT2D eigenvalue weighted by Gasteiger charge is -2.19. The monoisotopic (exact) mass is 310 g/mol. The van der Waals surface area contributed by atoms with Crippen molar-refractivity contribution in [2.24, 2.45) is 5.73 Å². The third-order valence-electron chi connectivity index (χ3n) is 3.72. The van der Waals surface area contributed by atoms with Crippen LogP contribution < -0.4 is 11.1 Å². The molecule has 0 saturated carbocycles. The zero-order valence-electron chi connectivity index (χ0n) is 12.6. The summed E-state index contributed by atoms with van der Waals surface area (Å²) in [6.45, 7) is 4.35. The number of thiazole rings is 1. The van der Waals surface area contributed by atoms with Crippen LogP contribution in [0.2, 0.25) is 0 Å². The Morgan fingerprint density at radius 2 is 2.24 bits per heavy atom. The molecule has 0 atom stereocenters. The van der Waals surface area contributed by atoms with Crippen LogP contribution in [-0.4, -0.2) is 48.5 Å². The summed E-state index contributed by atoms with van der Waals surface area (Å²) in [7, 11) is 0. The summed E-state index contributed by atoms with van der Waals surface area (Å²) in [4.78, 5) is 18.8. The van der Waals surface area contributed by atoms with Gasteiger partial charge < -0.3 is 16.0 Å². The fraction of sp³-hybridized carbons (Fsp3) is 0.733. The molecule has 2 rings (SSSR count). The van der Waals surface area contributed by atoms with Crippen molar-refractivity contribution in [3.63, 3.8) is 0 Å². The van der Waals surface area contributed by atoms with Gasteiger partial charge in [0, 0.05) is 25.0 Å². The zero-order valence-corrected chi connectivity index (χ0v) is 13.5. The number of carbonyl (C=O) groups excluding carboxylic acids is 1. The van der Waals surface area contributed by atoms with Crippen LogP contribution in [0.3, 0.4) is 0 Å². The Hall–Kier alpha value is -0.980. The van der Waals surface area contributed by atoms with Crippen LogP contribution in [0.5, 0.6) is 0 Å². The molecule has 5 nitrogen and oxygen atoms in total. The van der Waals surface area contributed by atoms with Crippen molar-refractivity contribution in [3.05, 3.63) is 16.1 Å². The molecule has 1 aliphatic rings. The standard InChI is InChI=1S/C15H26N4OS/c16-6-3-1-2-5-14-18-13(12-21-14)11-15(20)19-9-4-7-17-8-10-19/h12,17H,1-11,16H2. The highest BCUT2D eigenvalue weighted by Crippen LogP contribution is 2.14. The lowest BCUT2D eigenvalue weighted by Crippen LogP contribution is -2.35. The first kappa shape index (κ1) is 16.4. The number of hydrogen-bond acceptors (Lipinski definition) is 5. The Morgan fingerprint density at radius 1 is 1.33 bits per heavy atom. The number of nitrogens with two attached hydrogens (primary N) is 1. The molecule has 1 aromatic heterocycles. The van der Waals surface area contributed by atoms with Gasteiger partial charge in [0.15, 0.2) is 0 Å². The minimum Gasteiger partial charge on any atom is -0.341 e. The van der Waals surface area contributed by atoms with E-state index < -0.39 is 0 Å². The van der Waals surface area contributed by atoms with Crippen molar-refractivity contribution in [2.75, 3.05) is 32.7 Å². The van der Waals surface area contributed by atoms with Crippen LogP contribution in [0.4, 0.5) is 0 Å². The van der Waals surface area contributed by atoms with E-state index >= 15 is 0 Å². The molecule has 21 heavy (non-hydrogen) atoms. The van der Waals surface area contributed by atoms with E-state index in [0.29, 0.717) is 6.42 Å². The summed E-state index contributed by atoms with van der Waals surface area (Å²) in [5.41, 5.74) is 6.42. The Kier molecular flexibility index (Phi) is 7.12. The van der Waals surface area contributed by atoms with Crippen molar-refractivity contribution >= 4 is 17.2 Å². The molecule has 1 amide bonds. The van der Waals surface area contributed by atoms with E-state index in [2.05, 4.69) is 10.3 Å². The first-order chi connectivity index (χ1) is 10.3. The molecule has 1 fully saturated rings. The van der Waals surface area contributed by atoms with E-state index in [4.69, 9.17) is 5.73 Å². The molecule has 6 heteroatoms. The zero-order chi connectivity index (χ0) is 14.9. The Bertz CT molecular complexity index is 427. The Balaban J connectivity index is 1.77. The average Bonchev–Trinajstić information content (AvgIpc) is 2.76. The first-order valence-corrected chi connectivity index (χ1v) is 8.79. The molecular formula is C15H26N4OS. The largest absolute Gasteiger partial charge is 0.341 e. The highest BCUT2D eigenvalue weighted by atomic mass is 32.1. The number of rotatable bonds is 7. The summed E-state index contributed by atoms with van der Waals surface area (Å²) < 4.78 is 0. The molecule has 0 spiro atoms. The molecule has 0 unspecified atom stereocenters. The van der Waals surface area contributed by atoms with Gasteiger partial charge in [0.1, 0.15) is 0 Å². The highest BCUT2D eigenvalue weighted by Gasteiger charge is 2.16. The Morgan fingerprint density at radius 3 is 3.10 bits per heavy atom. The van der Waals surface area contributed by atoms with Crippen LogP contribution in [-0.2, 0) is 17.6 Å². The van der Waals surface area contributed by atoms with Crippen molar-refractivity contribution in [1.29, 1.82) is 0 Å². The molecule has 0 bridgehead atoms. The number of aryl methyl sites for hydroxylation is 1. The van der Waals surface area contributed by atoms with Gasteiger partial charge in [0.05, 0.1) is 17.1 Å². The molecule has 1 saturated heterocycles. The number of hydrogen-bond donors (Lipinski definition) is 2. The molecule has 1 aromatic rings. The van der Waals surface area contributed by atoms with E-state index in [1.807, 2.05) is 10.3 Å². The molecular weight excluding hydrogens is 284 g/mol. The van der Waals surface area contributed by atoms with Gasteiger partial charge in [-0.3, -0.25) is 4.79 Å². The number of nitrogens with one attached hydrogen (secondary N) is 1. The van der Waals surface area contributed by atoms with Crippen LogP contribution in [0, 0.1) is 0 Å². The summed E-state index contributed by atoms with van der Waals surface area (Å²) in [6, 6.07) is 0. The number of aromatic nitrogens is 1. The van der Waals surface area contributed by atoms with E-state index in [-0.39, 0.29) is 5.91 Å². The van der Waals surface area contributed by atoms with Gasteiger partial charge in [0.2, 0.25) is 5.91 Å². The average molecular weight is 310 g/mol. The van der Waals surface area contributed by atoms with Crippen molar-refractivity contribution in [2.45, 2.75) is 38.5 Å². The van der Waals surface area contributed by atoms with Crippen LogP contribution in [0.15, 0.2) is 5.38 Å². The lowest BCUT2D eigenvalue weighted by atomic mass is 10.2. The van der Waals surface area contributed by atoms with Gasteiger partial charge in [-0.05, 0) is 38.8 Å². The van der Waals surface area contributed by atoms with E-state index in [1.54, 1.807) is 11.3 Å². The fourth-order valence-electron chi connectivity index (χ4n) is 2.50. The minimum absolute atomic E-state index is 0.207. The van der Waals surface area contributed by atoms with Crippen molar-refractivity contribution < 1.29 is 4.79 Å². The van der Waals surface area contributed by atoms with Gasteiger partial charge in [-0.1, -0.05) is 6.42 Å². The minimum atomic E-state index is 0.207. The molecule has 0 aromatic carbocycles. The highest BCUT2D eigenvalue weighted by molar-refractivity contribution is 7.09. The fourth-order valence-corrected chi connectivity index (χ4v) is 3.34. The maximum absolute atomic E-state index is 12.3. The van der Waals surface area contributed by atoms with Crippen LogP contribution in [0.25, 0.3) is 0 Å². The molecule has 2 heterocycles. The molecule has 0 aliphatic carbocycles. The molecule has 1 aliphatic heterocycles.